The number of nitrogens with zero attached hydrogens (tertiary/aromatic N) is 2. The molecule has 2 unspecified atom stereocenters. The largest absolute Gasteiger partial charge is 0.481 e. The van der Waals surface area contributed by atoms with Crippen molar-refractivity contribution in [2.45, 2.75) is 44.6 Å². The number of hydrogen-bond donors (Lipinski definition) is 1. The highest BCUT2D eigenvalue weighted by atomic mass is 16.4. The highest BCUT2D eigenvalue weighted by Gasteiger charge is 2.39. The molecule has 1 aliphatic carbocycles. The summed E-state index contributed by atoms with van der Waals surface area (Å²) in [6.07, 6.45) is 10.5. The maximum Gasteiger partial charge on any atom is 0.308 e. The van der Waals surface area contributed by atoms with Crippen molar-refractivity contribution in [2.24, 2.45) is 11.8 Å². The van der Waals surface area contributed by atoms with E-state index in [1.54, 1.807) is 6.33 Å². The normalized spacial score (nSPS) is 21.7. The highest BCUT2D eigenvalue weighted by Crippen LogP contribution is 2.45. The van der Waals surface area contributed by atoms with Crippen LogP contribution in [0.15, 0.2) is 36.8 Å². The summed E-state index contributed by atoms with van der Waals surface area (Å²) in [5.74, 6) is -0.517. The Kier molecular flexibility index (Phi) is 3.68. The number of aliphatic carboxylic acids is 1. The molecule has 120 valence electrons. The van der Waals surface area contributed by atoms with Gasteiger partial charge in [0, 0.05) is 5.56 Å². The SMILES string of the molecule is O=C(O)C(CC1CCCCC1)C1c2ccccc2-c2cncn21. The number of carboxylic acid groups (broad SMARTS) is 1. The van der Waals surface area contributed by atoms with Gasteiger partial charge < -0.3 is 9.67 Å². The van der Waals surface area contributed by atoms with Gasteiger partial charge in [-0.1, -0.05) is 56.4 Å². The van der Waals surface area contributed by atoms with Crippen LogP contribution in [0.25, 0.3) is 11.3 Å². The number of carboxylic acids is 1. The van der Waals surface area contributed by atoms with Crippen molar-refractivity contribution >= 4 is 5.97 Å². The van der Waals surface area contributed by atoms with Crippen LogP contribution >= 0.6 is 0 Å². The topological polar surface area (TPSA) is 55.1 Å². The van der Waals surface area contributed by atoms with Crippen LogP contribution in [0.1, 0.15) is 50.1 Å². The van der Waals surface area contributed by atoms with Gasteiger partial charge in [-0.25, -0.2) is 4.98 Å². The third-order valence-electron chi connectivity index (χ3n) is 5.53. The van der Waals surface area contributed by atoms with Gasteiger partial charge in [0.15, 0.2) is 0 Å². The van der Waals surface area contributed by atoms with E-state index < -0.39 is 5.97 Å². The molecule has 0 spiro atoms. The fourth-order valence-corrected chi connectivity index (χ4v) is 4.43. The quantitative estimate of drug-likeness (QED) is 0.924. The number of rotatable bonds is 4. The van der Waals surface area contributed by atoms with Gasteiger partial charge in [0.1, 0.15) is 0 Å². The Morgan fingerprint density at radius 3 is 2.83 bits per heavy atom. The zero-order chi connectivity index (χ0) is 15.8. The standard InChI is InChI=1S/C19H22N2O2/c22-19(23)16(10-13-6-2-1-3-7-13)18-15-9-5-4-8-14(15)17-11-20-12-21(17)18/h4-5,8-9,11-13,16,18H,1-3,6-7,10H2,(H,22,23). The fraction of sp³-hybridized carbons (Fsp3) is 0.474. The molecule has 1 N–H and O–H groups in total. The lowest BCUT2D eigenvalue weighted by Crippen LogP contribution is -2.28. The lowest BCUT2D eigenvalue weighted by atomic mass is 9.79. The Labute approximate surface area is 136 Å². The molecule has 4 nitrogen and oxygen atoms in total. The van der Waals surface area contributed by atoms with Gasteiger partial charge in [-0.15, -0.1) is 0 Å². The minimum atomic E-state index is -0.683. The van der Waals surface area contributed by atoms with Crippen molar-refractivity contribution in [1.82, 2.24) is 9.55 Å². The molecule has 2 aliphatic rings. The van der Waals surface area contributed by atoms with E-state index in [1.165, 1.54) is 32.1 Å². The Balaban J connectivity index is 1.70. The van der Waals surface area contributed by atoms with Crippen LogP contribution in [0, 0.1) is 11.8 Å². The van der Waals surface area contributed by atoms with Gasteiger partial charge in [-0.05, 0) is 17.9 Å². The van der Waals surface area contributed by atoms with Crippen LogP contribution in [0.3, 0.4) is 0 Å². The van der Waals surface area contributed by atoms with Crippen LogP contribution in [0.4, 0.5) is 0 Å². The van der Waals surface area contributed by atoms with Gasteiger partial charge in [-0.3, -0.25) is 4.79 Å². The number of fused-ring (bicyclic) bond motifs is 3. The van der Waals surface area contributed by atoms with Crippen molar-refractivity contribution in [3.8, 4) is 11.3 Å². The summed E-state index contributed by atoms with van der Waals surface area (Å²) < 4.78 is 2.06. The molecule has 4 rings (SSSR count). The molecule has 2 aromatic rings. The molecule has 1 fully saturated rings. The molecule has 1 aromatic carbocycles. The Hall–Kier alpha value is -2.10. The van der Waals surface area contributed by atoms with E-state index in [9.17, 15) is 9.90 Å². The molecule has 0 radical (unpaired) electrons. The molecular weight excluding hydrogens is 288 g/mol. The second-order valence-corrected chi connectivity index (χ2v) is 6.90. The summed E-state index contributed by atoms with van der Waals surface area (Å²) in [5, 5.41) is 9.92. The minimum Gasteiger partial charge on any atom is -0.481 e. The van der Waals surface area contributed by atoms with Crippen molar-refractivity contribution in [1.29, 1.82) is 0 Å². The smallest absolute Gasteiger partial charge is 0.308 e. The molecule has 1 saturated carbocycles. The number of carbonyl (C=O) groups is 1. The van der Waals surface area contributed by atoms with E-state index in [0.29, 0.717) is 5.92 Å². The van der Waals surface area contributed by atoms with Gasteiger partial charge in [0.25, 0.3) is 0 Å². The number of benzene rings is 1. The summed E-state index contributed by atoms with van der Waals surface area (Å²) >= 11 is 0. The van der Waals surface area contributed by atoms with Gasteiger partial charge in [-0.2, -0.15) is 0 Å². The monoisotopic (exact) mass is 310 g/mol. The molecule has 0 amide bonds. The second-order valence-electron chi connectivity index (χ2n) is 6.90. The van der Waals surface area contributed by atoms with Gasteiger partial charge in [0.05, 0.1) is 30.2 Å². The summed E-state index contributed by atoms with van der Waals surface area (Å²) in [4.78, 5) is 16.3. The number of hydrogen-bond acceptors (Lipinski definition) is 2. The summed E-state index contributed by atoms with van der Waals surface area (Å²) in [5.41, 5.74) is 3.30. The molecule has 0 bridgehead atoms. The van der Waals surface area contributed by atoms with Crippen molar-refractivity contribution in [3.63, 3.8) is 0 Å². The van der Waals surface area contributed by atoms with E-state index in [0.717, 1.165) is 23.2 Å². The Bertz CT molecular complexity index is 716. The molecule has 2 heterocycles. The zero-order valence-electron chi connectivity index (χ0n) is 13.2. The van der Waals surface area contributed by atoms with Crippen LogP contribution in [0.2, 0.25) is 0 Å². The first kappa shape index (κ1) is 14.5. The molecule has 0 saturated heterocycles. The first-order valence-corrected chi connectivity index (χ1v) is 8.59. The summed E-state index contributed by atoms with van der Waals surface area (Å²) in [6, 6.07) is 8.04. The van der Waals surface area contributed by atoms with E-state index in [1.807, 2.05) is 18.3 Å². The minimum absolute atomic E-state index is 0.122. The van der Waals surface area contributed by atoms with Crippen LogP contribution in [0.5, 0.6) is 0 Å². The molecule has 23 heavy (non-hydrogen) atoms. The maximum absolute atomic E-state index is 12.1. The molecule has 1 aromatic heterocycles. The third kappa shape index (κ3) is 2.46. The van der Waals surface area contributed by atoms with Crippen LogP contribution in [-0.2, 0) is 4.79 Å². The van der Waals surface area contributed by atoms with Crippen molar-refractivity contribution in [2.75, 3.05) is 0 Å². The predicted octanol–water partition coefficient (Wildman–Crippen LogP) is 4.12. The van der Waals surface area contributed by atoms with E-state index in [-0.39, 0.29) is 12.0 Å². The predicted molar refractivity (Wildman–Crippen MR) is 88.1 cm³/mol. The Morgan fingerprint density at radius 1 is 1.26 bits per heavy atom. The number of aromatic nitrogens is 2. The Morgan fingerprint density at radius 2 is 2.04 bits per heavy atom. The first-order chi connectivity index (χ1) is 11.3. The van der Waals surface area contributed by atoms with Crippen molar-refractivity contribution in [3.05, 3.63) is 42.4 Å². The zero-order valence-corrected chi connectivity index (χ0v) is 13.2. The lowest BCUT2D eigenvalue weighted by Gasteiger charge is -2.28. The number of imidazole rings is 1. The van der Waals surface area contributed by atoms with E-state index in [4.69, 9.17) is 0 Å². The first-order valence-electron chi connectivity index (χ1n) is 8.59. The fourth-order valence-electron chi connectivity index (χ4n) is 4.43. The van der Waals surface area contributed by atoms with Crippen molar-refractivity contribution < 1.29 is 9.90 Å². The highest BCUT2D eigenvalue weighted by molar-refractivity contribution is 5.76. The summed E-state index contributed by atoms with van der Waals surface area (Å²) in [7, 11) is 0. The van der Waals surface area contributed by atoms with E-state index >= 15 is 0 Å². The molecule has 1 aliphatic heterocycles. The van der Waals surface area contributed by atoms with Gasteiger partial charge in [0.2, 0.25) is 0 Å². The average molecular weight is 310 g/mol. The lowest BCUT2D eigenvalue weighted by molar-refractivity contribution is -0.143. The second kappa shape index (κ2) is 5.84. The van der Waals surface area contributed by atoms with E-state index in [2.05, 4.69) is 21.7 Å². The molecule has 4 heteroatoms. The average Bonchev–Trinajstić information content (AvgIpc) is 3.14. The molecular formula is C19H22N2O2. The summed E-state index contributed by atoms with van der Waals surface area (Å²) in [6.45, 7) is 0. The molecule has 2 atom stereocenters. The van der Waals surface area contributed by atoms with Crippen LogP contribution in [-0.4, -0.2) is 20.6 Å². The third-order valence-corrected chi connectivity index (χ3v) is 5.53. The van der Waals surface area contributed by atoms with Gasteiger partial charge >= 0.3 is 5.97 Å². The maximum atomic E-state index is 12.1. The van der Waals surface area contributed by atoms with Crippen LogP contribution < -0.4 is 0 Å².